The molecule has 1 saturated heterocycles. The fourth-order valence-corrected chi connectivity index (χ4v) is 14.0. The lowest BCUT2D eigenvalue weighted by atomic mass is 9.56. The Morgan fingerprint density at radius 1 is 0.927 bits per heavy atom. The largest absolute Gasteiger partial charge is 0.543 e. The number of nitrogens with zero attached hydrogens (tertiary/aromatic N) is 1. The lowest BCUT2D eigenvalue weighted by molar-refractivity contribution is -0.137. The average Bonchev–Trinajstić information content (AvgIpc) is 3.16. The minimum Gasteiger partial charge on any atom is -0.543 e. The monoisotopic (exact) mass is 577 g/mol. The van der Waals surface area contributed by atoms with Gasteiger partial charge >= 0.3 is 0 Å². The molecule has 0 radical (unpaired) electrons. The molecule has 3 aliphatic rings. The smallest absolute Gasteiger partial charge is 0.258 e. The van der Waals surface area contributed by atoms with Gasteiger partial charge in [-0.3, -0.25) is 14.5 Å². The Kier molecular flexibility index (Phi) is 7.92. The quantitative estimate of drug-likeness (QED) is 0.239. The van der Waals surface area contributed by atoms with E-state index < -0.39 is 25.8 Å². The number of fused-ring (bicyclic) bond motifs is 5. The van der Waals surface area contributed by atoms with Crippen LogP contribution in [0.3, 0.4) is 0 Å². The Balaban J connectivity index is 1.56. The van der Waals surface area contributed by atoms with Crippen molar-refractivity contribution in [3.63, 3.8) is 0 Å². The summed E-state index contributed by atoms with van der Waals surface area (Å²) in [5.74, 6) is 0.438. The van der Waals surface area contributed by atoms with Gasteiger partial charge in [0.25, 0.3) is 8.32 Å². The van der Waals surface area contributed by atoms with Crippen LogP contribution in [0.2, 0.25) is 16.6 Å². The molecular formula is C34H47NO5Si. The highest BCUT2D eigenvalue weighted by Crippen LogP contribution is 2.60. The van der Waals surface area contributed by atoms with Gasteiger partial charge in [0.05, 0.1) is 17.5 Å². The predicted octanol–water partition coefficient (Wildman–Crippen LogP) is 7.58. The van der Waals surface area contributed by atoms with E-state index in [1.54, 1.807) is 7.11 Å². The number of methoxy groups -OCH3 is 1. The first kappa shape index (κ1) is 29.8. The van der Waals surface area contributed by atoms with Crippen molar-refractivity contribution in [1.29, 1.82) is 0 Å². The molecule has 2 amide bonds. The van der Waals surface area contributed by atoms with E-state index in [1.165, 1.54) is 4.90 Å². The number of hydrogen-bond donors (Lipinski definition) is 0. The van der Waals surface area contributed by atoms with Crippen molar-refractivity contribution in [3.05, 3.63) is 54.1 Å². The number of para-hydroxylation sites is 1. The summed E-state index contributed by atoms with van der Waals surface area (Å²) in [6.07, 6.45) is 0.768. The van der Waals surface area contributed by atoms with E-state index in [2.05, 4.69) is 73.6 Å². The van der Waals surface area contributed by atoms with Crippen molar-refractivity contribution in [1.82, 2.24) is 0 Å². The average molecular weight is 578 g/mol. The second kappa shape index (κ2) is 10.9. The van der Waals surface area contributed by atoms with Gasteiger partial charge in [-0.05, 0) is 72.5 Å². The van der Waals surface area contributed by atoms with Crippen LogP contribution < -0.4 is 14.1 Å². The van der Waals surface area contributed by atoms with Crippen molar-refractivity contribution in [3.8, 4) is 11.5 Å². The fourth-order valence-electron chi connectivity index (χ4n) is 8.79. The van der Waals surface area contributed by atoms with Crippen LogP contribution in [-0.4, -0.2) is 39.4 Å². The lowest BCUT2D eigenvalue weighted by Gasteiger charge is -2.52. The Hall–Kier alpha value is -2.64. The lowest BCUT2D eigenvalue weighted by Crippen LogP contribution is -2.55. The summed E-state index contributed by atoms with van der Waals surface area (Å²) in [7, 11) is -0.462. The molecular weight excluding hydrogens is 530 g/mol. The maximum atomic E-state index is 14.2. The van der Waals surface area contributed by atoms with Gasteiger partial charge in [0.2, 0.25) is 11.8 Å². The third kappa shape index (κ3) is 4.73. The molecule has 2 fully saturated rings. The number of imide groups is 1. The van der Waals surface area contributed by atoms with E-state index in [-0.39, 0.29) is 29.6 Å². The predicted molar refractivity (Wildman–Crippen MR) is 165 cm³/mol. The van der Waals surface area contributed by atoms with Crippen LogP contribution in [0.15, 0.2) is 48.5 Å². The highest BCUT2D eigenvalue weighted by atomic mass is 28.4. The Morgan fingerprint density at radius 2 is 1.54 bits per heavy atom. The molecule has 2 aromatic carbocycles. The summed E-state index contributed by atoms with van der Waals surface area (Å²) >= 11 is 0. The second-order valence-corrected chi connectivity index (χ2v) is 19.2. The zero-order valence-electron chi connectivity index (χ0n) is 26.1. The van der Waals surface area contributed by atoms with Gasteiger partial charge in [0.15, 0.2) is 0 Å². The molecule has 41 heavy (non-hydrogen) atoms. The molecule has 222 valence electrons. The number of anilines is 1. The number of rotatable bonds is 8. The van der Waals surface area contributed by atoms with Crippen molar-refractivity contribution in [2.75, 3.05) is 18.6 Å². The minimum absolute atomic E-state index is 0.0584. The van der Waals surface area contributed by atoms with Crippen LogP contribution in [0.25, 0.3) is 0 Å². The SMILES string of the molecule is COC[C@H]1C[C@H]2c3ccc(O[Si](C(C)C)(C(C)C)C(C)C)cc3OC(C)(C)[C@H]2[C@H]2C(=O)N(c3ccccc3)C(=O)[C@@H]12. The van der Waals surface area contributed by atoms with E-state index in [9.17, 15) is 9.59 Å². The van der Waals surface area contributed by atoms with Crippen LogP contribution in [0.4, 0.5) is 5.69 Å². The first-order valence-electron chi connectivity index (χ1n) is 15.3. The highest BCUT2D eigenvalue weighted by molar-refractivity contribution is 6.78. The summed E-state index contributed by atoms with van der Waals surface area (Å²) in [6.45, 7) is 18.4. The third-order valence-electron chi connectivity index (χ3n) is 10.2. The maximum absolute atomic E-state index is 14.2. The summed E-state index contributed by atoms with van der Waals surface area (Å²) in [6, 6.07) is 15.6. The van der Waals surface area contributed by atoms with Crippen LogP contribution in [-0.2, 0) is 14.3 Å². The maximum Gasteiger partial charge on any atom is 0.258 e. The number of carbonyl (C=O) groups is 2. The third-order valence-corrected chi connectivity index (χ3v) is 16.2. The number of hydrogen-bond acceptors (Lipinski definition) is 5. The van der Waals surface area contributed by atoms with E-state index in [0.717, 1.165) is 23.5 Å². The van der Waals surface area contributed by atoms with Gasteiger partial charge in [-0.25, -0.2) is 0 Å². The van der Waals surface area contributed by atoms with Gasteiger partial charge in [-0.15, -0.1) is 0 Å². The molecule has 2 aliphatic heterocycles. The molecule has 0 aromatic heterocycles. The zero-order chi connectivity index (χ0) is 29.9. The van der Waals surface area contributed by atoms with E-state index in [4.69, 9.17) is 13.9 Å². The number of ether oxygens (including phenoxy) is 2. The molecule has 0 unspecified atom stereocenters. The molecule has 5 atom stereocenters. The van der Waals surface area contributed by atoms with Gasteiger partial charge in [0, 0.05) is 25.7 Å². The zero-order valence-corrected chi connectivity index (χ0v) is 27.1. The highest BCUT2D eigenvalue weighted by Gasteiger charge is 2.64. The first-order valence-corrected chi connectivity index (χ1v) is 17.4. The second-order valence-electron chi connectivity index (χ2n) is 13.8. The van der Waals surface area contributed by atoms with Crippen LogP contribution >= 0.6 is 0 Å². The molecule has 0 spiro atoms. The minimum atomic E-state index is -2.14. The number of benzene rings is 2. The Bertz CT molecular complexity index is 1270. The van der Waals surface area contributed by atoms with Crippen LogP contribution in [0.5, 0.6) is 11.5 Å². The van der Waals surface area contributed by atoms with E-state index >= 15 is 0 Å². The van der Waals surface area contributed by atoms with Crippen molar-refractivity contribution in [2.24, 2.45) is 23.7 Å². The molecule has 2 heterocycles. The summed E-state index contributed by atoms with van der Waals surface area (Å²) in [5, 5.41) is 0. The van der Waals surface area contributed by atoms with Crippen LogP contribution in [0, 0.1) is 23.7 Å². The van der Waals surface area contributed by atoms with Gasteiger partial charge in [0.1, 0.15) is 17.1 Å². The number of amides is 2. The number of carbonyl (C=O) groups excluding carboxylic acids is 2. The molecule has 0 bridgehead atoms. The van der Waals surface area contributed by atoms with Gasteiger partial charge in [-0.1, -0.05) is 65.8 Å². The topological polar surface area (TPSA) is 65.1 Å². The standard InChI is InChI=1S/C34H47NO5Si/c1-20(2)41(21(3)4,22(5)6)40-25-15-16-26-27-17-23(19-38-9)29-30(31(27)34(7,8)39-28(26)18-25)33(37)35(32(29)36)24-13-11-10-12-14-24/h10-16,18,20-23,27,29-31H,17,19H2,1-9H3/t23-,27+,29+,30+,31-/m1/s1. The Morgan fingerprint density at radius 3 is 2.12 bits per heavy atom. The molecule has 7 heteroatoms. The normalized spacial score (nSPS) is 27.1. The molecule has 1 aliphatic carbocycles. The van der Waals surface area contributed by atoms with Crippen LogP contribution in [0.1, 0.15) is 73.3 Å². The molecule has 6 nitrogen and oxygen atoms in total. The first-order chi connectivity index (χ1) is 19.3. The van der Waals surface area contributed by atoms with Crippen molar-refractivity contribution >= 4 is 25.8 Å². The Labute approximate surface area is 246 Å². The molecule has 0 N–H and O–H groups in total. The summed E-state index contributed by atoms with van der Waals surface area (Å²) < 4.78 is 19.4. The molecule has 1 saturated carbocycles. The van der Waals surface area contributed by atoms with E-state index in [0.29, 0.717) is 28.9 Å². The van der Waals surface area contributed by atoms with E-state index in [1.807, 2.05) is 30.3 Å². The van der Waals surface area contributed by atoms with Gasteiger partial charge in [-0.2, -0.15) is 0 Å². The summed E-state index contributed by atoms with van der Waals surface area (Å²) in [5.41, 5.74) is 2.47. The molecule has 2 aromatic rings. The molecule has 5 rings (SSSR count). The fraction of sp³-hybridized carbons (Fsp3) is 0.588. The van der Waals surface area contributed by atoms with Gasteiger partial charge < -0.3 is 13.9 Å². The van der Waals surface area contributed by atoms with Crippen molar-refractivity contribution in [2.45, 2.75) is 90.0 Å². The summed E-state index contributed by atoms with van der Waals surface area (Å²) in [4.78, 5) is 29.5. The van der Waals surface area contributed by atoms with Crippen molar-refractivity contribution < 1.29 is 23.5 Å².